The standard InChI is InChI=1S/C11H10N2.2C2H6/c1-9-7-13-6-4-11(9)10-3-2-5-12-8-10;2*1-2/h2-8H,1H3;2*1-2H3. The molecule has 0 unspecified atom stereocenters. The Morgan fingerprint density at radius 3 is 2.00 bits per heavy atom. The van der Waals surface area contributed by atoms with Crippen molar-refractivity contribution >= 4 is 0 Å². The maximum Gasteiger partial charge on any atom is 0.0346 e. The molecule has 0 aliphatic carbocycles. The summed E-state index contributed by atoms with van der Waals surface area (Å²) in [4.78, 5) is 8.13. The Kier molecular flexibility index (Phi) is 8.57. The summed E-state index contributed by atoms with van der Waals surface area (Å²) in [5.74, 6) is 0. The molecule has 0 bridgehead atoms. The van der Waals surface area contributed by atoms with Gasteiger partial charge in [0.1, 0.15) is 0 Å². The molecule has 0 saturated carbocycles. The van der Waals surface area contributed by atoms with Gasteiger partial charge in [-0.3, -0.25) is 9.97 Å². The van der Waals surface area contributed by atoms with E-state index in [9.17, 15) is 0 Å². The van der Waals surface area contributed by atoms with Crippen LogP contribution < -0.4 is 0 Å². The first-order valence-electron chi connectivity index (χ1n) is 6.19. The van der Waals surface area contributed by atoms with E-state index in [1.807, 2.05) is 52.2 Å². The highest BCUT2D eigenvalue weighted by molar-refractivity contribution is 5.65. The molecule has 2 aromatic heterocycles. The number of hydrogen-bond donors (Lipinski definition) is 0. The zero-order valence-electron chi connectivity index (χ0n) is 11.4. The number of aromatic nitrogens is 2. The summed E-state index contributed by atoms with van der Waals surface area (Å²) in [5.41, 5.74) is 3.51. The van der Waals surface area contributed by atoms with Crippen LogP contribution in [0.5, 0.6) is 0 Å². The normalized spacial score (nSPS) is 8.29. The van der Waals surface area contributed by atoms with E-state index in [-0.39, 0.29) is 0 Å². The summed E-state index contributed by atoms with van der Waals surface area (Å²) >= 11 is 0. The van der Waals surface area contributed by atoms with Crippen LogP contribution in [0.2, 0.25) is 0 Å². The van der Waals surface area contributed by atoms with Crippen LogP contribution in [0.3, 0.4) is 0 Å². The monoisotopic (exact) mass is 230 g/mol. The molecule has 0 aliphatic rings. The number of nitrogens with zero attached hydrogens (tertiary/aromatic N) is 2. The molecular weight excluding hydrogens is 208 g/mol. The lowest BCUT2D eigenvalue weighted by atomic mass is 10.1. The van der Waals surface area contributed by atoms with Crippen molar-refractivity contribution < 1.29 is 0 Å². The zero-order chi connectivity index (χ0) is 13.1. The van der Waals surface area contributed by atoms with E-state index in [2.05, 4.69) is 23.0 Å². The predicted molar refractivity (Wildman–Crippen MR) is 74.9 cm³/mol. The van der Waals surface area contributed by atoms with Gasteiger partial charge in [-0.1, -0.05) is 33.8 Å². The highest BCUT2D eigenvalue weighted by Crippen LogP contribution is 2.20. The summed E-state index contributed by atoms with van der Waals surface area (Å²) in [7, 11) is 0. The SMILES string of the molecule is CC.CC.Cc1cnccc1-c1cccnc1. The van der Waals surface area contributed by atoms with Crippen LogP contribution in [0.1, 0.15) is 33.3 Å². The Labute approximate surface area is 105 Å². The van der Waals surface area contributed by atoms with E-state index >= 15 is 0 Å². The average molecular weight is 230 g/mol. The maximum absolute atomic E-state index is 4.08. The Bertz CT molecular complexity index is 397. The van der Waals surface area contributed by atoms with Crippen LogP contribution in [0.15, 0.2) is 43.0 Å². The Morgan fingerprint density at radius 1 is 0.824 bits per heavy atom. The molecule has 17 heavy (non-hydrogen) atoms. The quantitative estimate of drug-likeness (QED) is 0.720. The van der Waals surface area contributed by atoms with Crippen LogP contribution in [0.25, 0.3) is 11.1 Å². The van der Waals surface area contributed by atoms with Gasteiger partial charge in [0.25, 0.3) is 0 Å². The molecule has 2 nitrogen and oxygen atoms in total. The molecule has 0 saturated heterocycles. The molecule has 0 atom stereocenters. The van der Waals surface area contributed by atoms with E-state index in [4.69, 9.17) is 0 Å². The van der Waals surface area contributed by atoms with Gasteiger partial charge >= 0.3 is 0 Å². The molecule has 2 rings (SSSR count). The van der Waals surface area contributed by atoms with Crippen molar-refractivity contribution in [2.45, 2.75) is 34.6 Å². The van der Waals surface area contributed by atoms with Crippen molar-refractivity contribution in [2.24, 2.45) is 0 Å². The maximum atomic E-state index is 4.08. The van der Waals surface area contributed by atoms with Gasteiger partial charge < -0.3 is 0 Å². The van der Waals surface area contributed by atoms with Crippen LogP contribution in [0.4, 0.5) is 0 Å². The second-order valence-corrected chi connectivity index (χ2v) is 2.93. The van der Waals surface area contributed by atoms with Crippen LogP contribution in [0, 0.1) is 6.92 Å². The lowest BCUT2D eigenvalue weighted by Crippen LogP contribution is -1.84. The number of pyridine rings is 2. The van der Waals surface area contributed by atoms with Gasteiger partial charge in [-0.2, -0.15) is 0 Å². The van der Waals surface area contributed by atoms with Crippen molar-refractivity contribution in [1.82, 2.24) is 9.97 Å². The van der Waals surface area contributed by atoms with Gasteiger partial charge in [0, 0.05) is 30.4 Å². The van der Waals surface area contributed by atoms with Gasteiger partial charge in [0.2, 0.25) is 0 Å². The second kappa shape index (κ2) is 9.52. The Hall–Kier alpha value is -1.70. The minimum atomic E-state index is 1.14. The fraction of sp³-hybridized carbons (Fsp3) is 0.333. The van der Waals surface area contributed by atoms with Crippen molar-refractivity contribution in [2.75, 3.05) is 0 Å². The molecule has 2 aromatic rings. The van der Waals surface area contributed by atoms with Crippen LogP contribution >= 0.6 is 0 Å². The van der Waals surface area contributed by atoms with Crippen molar-refractivity contribution in [3.8, 4) is 11.1 Å². The van der Waals surface area contributed by atoms with Crippen molar-refractivity contribution in [3.63, 3.8) is 0 Å². The molecule has 2 heteroatoms. The third kappa shape index (κ3) is 4.77. The molecule has 2 heterocycles. The summed E-state index contributed by atoms with van der Waals surface area (Å²) in [5, 5.41) is 0. The smallest absolute Gasteiger partial charge is 0.0346 e. The number of rotatable bonds is 1. The molecule has 0 aromatic carbocycles. The van der Waals surface area contributed by atoms with Crippen LogP contribution in [-0.2, 0) is 0 Å². The fourth-order valence-corrected chi connectivity index (χ4v) is 1.32. The third-order valence-corrected chi connectivity index (χ3v) is 1.99. The topological polar surface area (TPSA) is 25.8 Å². The Morgan fingerprint density at radius 2 is 1.47 bits per heavy atom. The predicted octanol–water partition coefficient (Wildman–Crippen LogP) is 4.50. The van der Waals surface area contributed by atoms with Gasteiger partial charge in [-0.25, -0.2) is 0 Å². The molecule has 0 N–H and O–H groups in total. The van der Waals surface area contributed by atoms with E-state index in [1.54, 1.807) is 12.4 Å². The molecule has 0 fully saturated rings. The second-order valence-electron chi connectivity index (χ2n) is 2.93. The molecular formula is C15H22N2. The molecule has 0 spiro atoms. The largest absolute Gasteiger partial charge is 0.264 e. The third-order valence-electron chi connectivity index (χ3n) is 1.99. The summed E-state index contributed by atoms with van der Waals surface area (Å²) in [6, 6.07) is 6.00. The highest BCUT2D eigenvalue weighted by Gasteiger charge is 1.99. The molecule has 0 amide bonds. The molecule has 0 aliphatic heterocycles. The minimum absolute atomic E-state index is 1.14. The van der Waals surface area contributed by atoms with Crippen molar-refractivity contribution in [1.29, 1.82) is 0 Å². The van der Waals surface area contributed by atoms with Gasteiger partial charge in [0.05, 0.1) is 0 Å². The summed E-state index contributed by atoms with van der Waals surface area (Å²) in [6.45, 7) is 10.1. The van der Waals surface area contributed by atoms with E-state index < -0.39 is 0 Å². The van der Waals surface area contributed by atoms with E-state index in [0.29, 0.717) is 0 Å². The Balaban J connectivity index is 0.000000581. The van der Waals surface area contributed by atoms with E-state index in [0.717, 1.165) is 5.56 Å². The first-order chi connectivity index (χ1) is 8.38. The first-order valence-corrected chi connectivity index (χ1v) is 6.19. The summed E-state index contributed by atoms with van der Waals surface area (Å²) < 4.78 is 0. The highest BCUT2D eigenvalue weighted by atomic mass is 14.6. The van der Waals surface area contributed by atoms with Gasteiger partial charge in [0.15, 0.2) is 0 Å². The van der Waals surface area contributed by atoms with Crippen molar-refractivity contribution in [3.05, 3.63) is 48.5 Å². The van der Waals surface area contributed by atoms with E-state index in [1.165, 1.54) is 11.1 Å². The lowest BCUT2D eigenvalue weighted by Gasteiger charge is -2.02. The van der Waals surface area contributed by atoms with Gasteiger partial charge in [-0.15, -0.1) is 0 Å². The van der Waals surface area contributed by atoms with Gasteiger partial charge in [-0.05, 0) is 30.2 Å². The lowest BCUT2D eigenvalue weighted by molar-refractivity contribution is 1.26. The minimum Gasteiger partial charge on any atom is -0.264 e. The zero-order valence-corrected chi connectivity index (χ0v) is 11.4. The number of aryl methyl sites for hydroxylation is 1. The first kappa shape index (κ1) is 15.3. The molecule has 0 radical (unpaired) electrons. The average Bonchev–Trinajstić information content (AvgIpc) is 2.45. The number of hydrogen-bond acceptors (Lipinski definition) is 2. The summed E-state index contributed by atoms with van der Waals surface area (Å²) in [6.07, 6.45) is 7.31. The fourth-order valence-electron chi connectivity index (χ4n) is 1.32. The molecule has 92 valence electrons. The van der Waals surface area contributed by atoms with Crippen LogP contribution in [-0.4, -0.2) is 9.97 Å².